The van der Waals surface area contributed by atoms with E-state index < -0.39 is 6.04 Å². The van der Waals surface area contributed by atoms with Gasteiger partial charge < -0.3 is 20.5 Å². The topological polar surface area (TPSA) is 73.6 Å². The summed E-state index contributed by atoms with van der Waals surface area (Å²) >= 11 is 0. The highest BCUT2D eigenvalue weighted by Crippen LogP contribution is 2.11. The first-order valence-electron chi connectivity index (χ1n) is 7.46. The number of hydrogen-bond donors (Lipinski definition) is 2. The number of aryl methyl sites for hydroxylation is 1. The molecule has 0 aliphatic carbocycles. The lowest BCUT2D eigenvalue weighted by Crippen LogP contribution is -2.35. The van der Waals surface area contributed by atoms with Crippen molar-refractivity contribution in [2.45, 2.75) is 31.9 Å². The molecule has 2 rings (SSSR count). The summed E-state index contributed by atoms with van der Waals surface area (Å²) in [5, 5.41) is 2.85. The lowest BCUT2D eigenvalue weighted by atomic mass is 10.1. The van der Waals surface area contributed by atoms with Crippen molar-refractivity contribution in [3.8, 4) is 0 Å². The van der Waals surface area contributed by atoms with Crippen molar-refractivity contribution in [2.75, 3.05) is 26.4 Å². The van der Waals surface area contributed by atoms with Gasteiger partial charge in [-0.15, -0.1) is 12.4 Å². The van der Waals surface area contributed by atoms with Crippen molar-refractivity contribution < 1.29 is 14.3 Å². The van der Waals surface area contributed by atoms with Crippen molar-refractivity contribution in [1.29, 1.82) is 0 Å². The molecule has 1 amide bonds. The van der Waals surface area contributed by atoms with Crippen LogP contribution in [0, 0.1) is 6.92 Å². The molecule has 5 nitrogen and oxygen atoms in total. The van der Waals surface area contributed by atoms with Crippen LogP contribution in [-0.4, -0.2) is 38.4 Å². The summed E-state index contributed by atoms with van der Waals surface area (Å²) in [5.74, 6) is -0.150. The van der Waals surface area contributed by atoms with E-state index in [-0.39, 0.29) is 24.4 Å². The van der Waals surface area contributed by atoms with Gasteiger partial charge in [0.1, 0.15) is 6.04 Å². The Morgan fingerprint density at radius 1 is 1.45 bits per heavy atom. The maximum absolute atomic E-state index is 12.0. The molecular formula is C16H25ClN2O3. The summed E-state index contributed by atoms with van der Waals surface area (Å²) in [4.78, 5) is 12.0. The molecule has 1 aromatic rings. The zero-order valence-corrected chi connectivity index (χ0v) is 13.7. The highest BCUT2D eigenvalue weighted by atomic mass is 35.5. The van der Waals surface area contributed by atoms with Crippen LogP contribution < -0.4 is 11.1 Å². The van der Waals surface area contributed by atoms with Crippen molar-refractivity contribution >= 4 is 18.3 Å². The molecule has 1 heterocycles. The molecular weight excluding hydrogens is 304 g/mol. The van der Waals surface area contributed by atoms with Crippen molar-refractivity contribution in [2.24, 2.45) is 5.73 Å². The Morgan fingerprint density at radius 3 is 2.82 bits per heavy atom. The molecule has 0 bridgehead atoms. The van der Waals surface area contributed by atoms with Gasteiger partial charge in [0.05, 0.1) is 12.7 Å². The Balaban J connectivity index is 0.00000242. The van der Waals surface area contributed by atoms with E-state index in [9.17, 15) is 4.79 Å². The first-order chi connectivity index (χ1) is 10.2. The summed E-state index contributed by atoms with van der Waals surface area (Å²) in [6.45, 7) is 4.68. The molecule has 0 saturated carbocycles. The van der Waals surface area contributed by atoms with Gasteiger partial charge in [-0.2, -0.15) is 0 Å². The fourth-order valence-corrected chi connectivity index (χ4v) is 2.21. The zero-order valence-electron chi connectivity index (χ0n) is 12.9. The van der Waals surface area contributed by atoms with Crippen LogP contribution in [0.15, 0.2) is 24.3 Å². The molecule has 2 atom stereocenters. The predicted octanol–water partition coefficient (Wildman–Crippen LogP) is 1.73. The minimum absolute atomic E-state index is 0. The molecule has 0 spiro atoms. The van der Waals surface area contributed by atoms with Crippen LogP contribution in [-0.2, 0) is 14.3 Å². The SMILES string of the molecule is Cc1ccc(C(N)C(=O)NCCCOC2CCOC2)cc1.Cl. The fourth-order valence-electron chi connectivity index (χ4n) is 2.21. The van der Waals surface area contributed by atoms with Gasteiger partial charge in [0.15, 0.2) is 0 Å². The number of ether oxygens (including phenoxy) is 2. The summed E-state index contributed by atoms with van der Waals surface area (Å²) < 4.78 is 10.9. The third-order valence-corrected chi connectivity index (χ3v) is 3.58. The first-order valence-corrected chi connectivity index (χ1v) is 7.46. The molecule has 1 fully saturated rings. The van der Waals surface area contributed by atoms with Crippen LogP contribution in [0.5, 0.6) is 0 Å². The molecule has 3 N–H and O–H groups in total. The molecule has 0 aromatic heterocycles. The Morgan fingerprint density at radius 2 is 2.18 bits per heavy atom. The average molecular weight is 329 g/mol. The monoisotopic (exact) mass is 328 g/mol. The Bertz CT molecular complexity index is 447. The van der Waals surface area contributed by atoms with Gasteiger partial charge >= 0.3 is 0 Å². The largest absolute Gasteiger partial charge is 0.379 e. The van der Waals surface area contributed by atoms with Gasteiger partial charge in [0.25, 0.3) is 0 Å². The van der Waals surface area contributed by atoms with E-state index in [4.69, 9.17) is 15.2 Å². The maximum Gasteiger partial charge on any atom is 0.241 e. The molecule has 22 heavy (non-hydrogen) atoms. The normalized spacial score (nSPS) is 18.5. The van der Waals surface area contributed by atoms with Crippen molar-refractivity contribution in [1.82, 2.24) is 5.32 Å². The first kappa shape index (κ1) is 18.9. The van der Waals surface area contributed by atoms with Gasteiger partial charge in [-0.05, 0) is 25.3 Å². The minimum Gasteiger partial charge on any atom is -0.379 e. The third-order valence-electron chi connectivity index (χ3n) is 3.58. The molecule has 2 unspecified atom stereocenters. The number of nitrogens with one attached hydrogen (secondary N) is 1. The summed E-state index contributed by atoms with van der Waals surface area (Å²) in [6.07, 6.45) is 1.96. The number of nitrogens with two attached hydrogens (primary N) is 1. The van der Waals surface area contributed by atoms with Gasteiger partial charge in [0.2, 0.25) is 5.91 Å². The van der Waals surface area contributed by atoms with Gasteiger partial charge in [0, 0.05) is 19.8 Å². The van der Waals surface area contributed by atoms with Crippen LogP contribution in [0.1, 0.15) is 30.0 Å². The van der Waals surface area contributed by atoms with Gasteiger partial charge in [-0.1, -0.05) is 29.8 Å². The second kappa shape index (κ2) is 9.79. The van der Waals surface area contributed by atoms with E-state index in [0.717, 1.165) is 30.6 Å². The fraction of sp³-hybridized carbons (Fsp3) is 0.562. The highest BCUT2D eigenvalue weighted by Gasteiger charge is 2.16. The summed E-state index contributed by atoms with van der Waals surface area (Å²) in [5.41, 5.74) is 7.93. The molecule has 6 heteroatoms. The molecule has 1 saturated heterocycles. The smallest absolute Gasteiger partial charge is 0.241 e. The van der Waals surface area contributed by atoms with Crippen molar-refractivity contribution in [3.63, 3.8) is 0 Å². The van der Waals surface area contributed by atoms with Crippen LogP contribution in [0.3, 0.4) is 0 Å². The summed E-state index contributed by atoms with van der Waals surface area (Å²) in [7, 11) is 0. The molecule has 1 aliphatic heterocycles. The molecule has 1 aromatic carbocycles. The lowest BCUT2D eigenvalue weighted by molar-refractivity contribution is -0.122. The van der Waals surface area contributed by atoms with E-state index in [1.807, 2.05) is 31.2 Å². The average Bonchev–Trinajstić information content (AvgIpc) is 3.00. The Kier molecular flexibility index (Phi) is 8.42. The quantitative estimate of drug-likeness (QED) is 0.748. The summed E-state index contributed by atoms with van der Waals surface area (Å²) in [6, 6.07) is 7.08. The van der Waals surface area contributed by atoms with Gasteiger partial charge in [-0.25, -0.2) is 0 Å². The number of amides is 1. The number of halogens is 1. The molecule has 124 valence electrons. The third kappa shape index (κ3) is 5.93. The van der Waals surface area contributed by atoms with Crippen LogP contribution in [0.2, 0.25) is 0 Å². The number of hydrogen-bond acceptors (Lipinski definition) is 4. The minimum atomic E-state index is -0.616. The second-order valence-corrected chi connectivity index (χ2v) is 5.39. The highest BCUT2D eigenvalue weighted by molar-refractivity contribution is 5.85. The van der Waals surface area contributed by atoms with E-state index in [0.29, 0.717) is 19.8 Å². The number of rotatable bonds is 7. The van der Waals surface area contributed by atoms with Gasteiger partial charge in [-0.3, -0.25) is 4.79 Å². The standard InChI is InChI=1S/C16H24N2O3.ClH/c1-12-3-5-13(6-4-12)15(17)16(19)18-8-2-9-21-14-7-10-20-11-14;/h3-6,14-15H,2,7-11,17H2,1H3,(H,18,19);1H. The van der Waals surface area contributed by atoms with Crippen LogP contribution in [0.25, 0.3) is 0 Å². The van der Waals surface area contributed by atoms with Crippen molar-refractivity contribution in [3.05, 3.63) is 35.4 Å². The van der Waals surface area contributed by atoms with Crippen LogP contribution in [0.4, 0.5) is 0 Å². The van der Waals surface area contributed by atoms with E-state index in [1.54, 1.807) is 0 Å². The zero-order chi connectivity index (χ0) is 15.1. The Hall–Kier alpha value is -1.14. The number of carbonyl (C=O) groups is 1. The maximum atomic E-state index is 12.0. The number of carbonyl (C=O) groups excluding carboxylic acids is 1. The Labute approximate surface area is 138 Å². The molecule has 1 aliphatic rings. The van der Waals surface area contributed by atoms with E-state index in [1.165, 1.54) is 0 Å². The second-order valence-electron chi connectivity index (χ2n) is 5.39. The van der Waals surface area contributed by atoms with Crippen LogP contribution >= 0.6 is 12.4 Å². The van der Waals surface area contributed by atoms with E-state index in [2.05, 4.69) is 5.32 Å². The number of benzene rings is 1. The predicted molar refractivity (Wildman–Crippen MR) is 88.2 cm³/mol. The molecule has 0 radical (unpaired) electrons. The lowest BCUT2D eigenvalue weighted by Gasteiger charge is -2.13. The van der Waals surface area contributed by atoms with E-state index >= 15 is 0 Å².